The Hall–Kier alpha value is -4.28. The summed E-state index contributed by atoms with van der Waals surface area (Å²) in [6.45, 7) is 3.12. The molecule has 3 rings (SSSR count). The van der Waals surface area contributed by atoms with E-state index in [4.69, 9.17) is 4.74 Å². The van der Waals surface area contributed by atoms with Gasteiger partial charge in [-0.3, -0.25) is 29.9 Å². The molecule has 11 nitrogen and oxygen atoms in total. The zero-order valence-corrected chi connectivity index (χ0v) is 16.6. The summed E-state index contributed by atoms with van der Waals surface area (Å²) in [5.74, 6) is -1.38. The first-order valence-corrected chi connectivity index (χ1v) is 9.18. The Labute approximate surface area is 176 Å². The van der Waals surface area contributed by atoms with Crippen LogP contribution in [0.3, 0.4) is 0 Å². The summed E-state index contributed by atoms with van der Waals surface area (Å²) in [4.78, 5) is 48.1. The third-order valence-corrected chi connectivity index (χ3v) is 4.65. The molecular formula is C20H18N4O7. The van der Waals surface area contributed by atoms with Crippen molar-refractivity contribution >= 4 is 34.6 Å². The number of nitrogens with zero attached hydrogens (tertiary/aromatic N) is 3. The Balaban J connectivity index is 2.04. The molecule has 31 heavy (non-hydrogen) atoms. The largest absolute Gasteiger partial charge is 0.464 e. The Morgan fingerprint density at radius 2 is 1.71 bits per heavy atom. The summed E-state index contributed by atoms with van der Waals surface area (Å²) in [5.41, 5.74) is -1.66. The molecule has 0 radical (unpaired) electrons. The molecule has 2 aromatic carbocycles. The normalized spacial score (nSPS) is 17.8. The standard InChI is InChI=1S/C20H18N4O7/c1-3-31-19(26)20(2)12-17(21-13-6-4-8-15(10-13)23(27)28)18(25)22(20)14-7-5-9-16(11-14)24(29)30/h4-12,21H,3H2,1-2H3/t20-/m1/s1. The number of nitrogens with one attached hydrogen (secondary N) is 1. The minimum atomic E-state index is -1.59. The van der Waals surface area contributed by atoms with E-state index in [1.165, 1.54) is 61.5 Å². The van der Waals surface area contributed by atoms with Crippen molar-refractivity contribution in [3.05, 3.63) is 80.5 Å². The highest BCUT2D eigenvalue weighted by molar-refractivity contribution is 6.16. The lowest BCUT2D eigenvalue weighted by molar-refractivity contribution is -0.385. The first kappa shape index (κ1) is 21.4. The Kier molecular flexibility index (Phi) is 5.68. The average molecular weight is 426 g/mol. The van der Waals surface area contributed by atoms with Crippen LogP contribution >= 0.6 is 0 Å². The number of nitro groups is 2. The molecule has 160 valence electrons. The van der Waals surface area contributed by atoms with Gasteiger partial charge in [0.2, 0.25) is 0 Å². The number of non-ortho nitro benzene ring substituents is 2. The number of hydrogen-bond donors (Lipinski definition) is 1. The molecule has 1 N–H and O–H groups in total. The summed E-state index contributed by atoms with van der Waals surface area (Å²) >= 11 is 0. The van der Waals surface area contributed by atoms with E-state index < -0.39 is 27.3 Å². The molecule has 1 amide bonds. The summed E-state index contributed by atoms with van der Waals surface area (Å²) in [6, 6.07) is 10.8. The summed E-state index contributed by atoms with van der Waals surface area (Å²) in [6.07, 6.45) is 1.34. The second kappa shape index (κ2) is 8.22. The Bertz CT molecular complexity index is 1110. The van der Waals surface area contributed by atoms with Gasteiger partial charge in [-0.25, -0.2) is 4.79 Å². The maximum atomic E-state index is 13.2. The molecule has 0 saturated carbocycles. The highest BCUT2D eigenvalue weighted by Gasteiger charge is 2.49. The molecular weight excluding hydrogens is 408 g/mol. The molecule has 1 aliphatic rings. The van der Waals surface area contributed by atoms with Crippen LogP contribution in [-0.2, 0) is 14.3 Å². The fourth-order valence-electron chi connectivity index (χ4n) is 3.24. The van der Waals surface area contributed by atoms with E-state index in [2.05, 4.69) is 5.32 Å². The number of hydrogen-bond acceptors (Lipinski definition) is 8. The van der Waals surface area contributed by atoms with Crippen molar-refractivity contribution in [1.82, 2.24) is 0 Å². The van der Waals surface area contributed by atoms with Gasteiger partial charge in [-0.1, -0.05) is 12.1 Å². The van der Waals surface area contributed by atoms with Crippen LogP contribution in [0.15, 0.2) is 60.3 Å². The maximum Gasteiger partial charge on any atom is 0.336 e. The number of nitro benzene ring substituents is 2. The van der Waals surface area contributed by atoms with E-state index >= 15 is 0 Å². The van der Waals surface area contributed by atoms with Crippen molar-refractivity contribution in [2.75, 3.05) is 16.8 Å². The fourth-order valence-corrected chi connectivity index (χ4v) is 3.24. The number of amides is 1. The number of ether oxygens (including phenoxy) is 1. The van der Waals surface area contributed by atoms with Crippen LogP contribution in [0.1, 0.15) is 13.8 Å². The first-order chi connectivity index (χ1) is 14.7. The van der Waals surface area contributed by atoms with Crippen molar-refractivity contribution in [2.24, 2.45) is 0 Å². The van der Waals surface area contributed by atoms with Gasteiger partial charge in [0.1, 0.15) is 5.70 Å². The minimum absolute atomic E-state index is 0.0254. The molecule has 0 unspecified atom stereocenters. The molecule has 1 atom stereocenters. The summed E-state index contributed by atoms with van der Waals surface area (Å²) in [5, 5.41) is 25.0. The number of carbonyl (C=O) groups is 2. The van der Waals surface area contributed by atoms with Crippen molar-refractivity contribution in [2.45, 2.75) is 19.4 Å². The lowest BCUT2D eigenvalue weighted by Crippen LogP contribution is -2.51. The van der Waals surface area contributed by atoms with Crippen LogP contribution in [0.5, 0.6) is 0 Å². The van der Waals surface area contributed by atoms with Crippen molar-refractivity contribution in [3.63, 3.8) is 0 Å². The molecule has 0 aliphatic carbocycles. The van der Waals surface area contributed by atoms with Crippen molar-refractivity contribution in [3.8, 4) is 0 Å². The lowest BCUT2D eigenvalue weighted by atomic mass is 10.0. The fraction of sp³-hybridized carbons (Fsp3) is 0.200. The van der Waals surface area contributed by atoms with E-state index in [-0.39, 0.29) is 35.1 Å². The quantitative estimate of drug-likeness (QED) is 0.404. The van der Waals surface area contributed by atoms with Gasteiger partial charge >= 0.3 is 5.97 Å². The van der Waals surface area contributed by atoms with Crippen LogP contribution in [-0.4, -0.2) is 33.9 Å². The molecule has 0 bridgehead atoms. The van der Waals surface area contributed by atoms with Crippen molar-refractivity contribution in [1.29, 1.82) is 0 Å². The van der Waals surface area contributed by atoms with E-state index in [9.17, 15) is 29.8 Å². The topological polar surface area (TPSA) is 145 Å². The molecule has 11 heteroatoms. The third kappa shape index (κ3) is 4.06. The zero-order chi connectivity index (χ0) is 22.8. The second-order valence-corrected chi connectivity index (χ2v) is 6.78. The van der Waals surface area contributed by atoms with Gasteiger partial charge in [-0.05, 0) is 32.1 Å². The van der Waals surface area contributed by atoms with Gasteiger partial charge in [0.25, 0.3) is 17.3 Å². The van der Waals surface area contributed by atoms with Gasteiger partial charge in [0.15, 0.2) is 5.54 Å². The minimum Gasteiger partial charge on any atom is -0.464 e. The van der Waals surface area contributed by atoms with Gasteiger partial charge in [-0.15, -0.1) is 0 Å². The van der Waals surface area contributed by atoms with E-state index in [1.807, 2.05) is 0 Å². The van der Waals surface area contributed by atoms with Crippen LogP contribution < -0.4 is 10.2 Å². The molecule has 0 saturated heterocycles. The van der Waals surface area contributed by atoms with Gasteiger partial charge in [0, 0.05) is 30.0 Å². The van der Waals surface area contributed by atoms with Gasteiger partial charge in [0.05, 0.1) is 22.1 Å². The highest BCUT2D eigenvalue weighted by atomic mass is 16.6. The smallest absolute Gasteiger partial charge is 0.336 e. The lowest BCUT2D eigenvalue weighted by Gasteiger charge is -2.32. The molecule has 0 fully saturated rings. The third-order valence-electron chi connectivity index (χ3n) is 4.65. The Morgan fingerprint density at radius 1 is 1.10 bits per heavy atom. The molecule has 0 aromatic heterocycles. The van der Waals surface area contributed by atoms with Crippen LogP contribution in [0.2, 0.25) is 0 Å². The number of carbonyl (C=O) groups excluding carboxylic acids is 2. The zero-order valence-electron chi connectivity index (χ0n) is 16.6. The molecule has 0 spiro atoms. The monoisotopic (exact) mass is 426 g/mol. The van der Waals surface area contributed by atoms with E-state index in [0.29, 0.717) is 0 Å². The van der Waals surface area contributed by atoms with Crippen LogP contribution in [0, 0.1) is 20.2 Å². The predicted molar refractivity (Wildman–Crippen MR) is 110 cm³/mol. The number of benzene rings is 2. The second-order valence-electron chi connectivity index (χ2n) is 6.78. The molecule has 2 aromatic rings. The maximum absolute atomic E-state index is 13.2. The van der Waals surface area contributed by atoms with Crippen LogP contribution in [0.4, 0.5) is 22.7 Å². The first-order valence-electron chi connectivity index (χ1n) is 9.18. The molecule has 1 heterocycles. The predicted octanol–water partition coefficient (Wildman–Crippen LogP) is 3.17. The van der Waals surface area contributed by atoms with E-state index in [1.54, 1.807) is 6.92 Å². The summed E-state index contributed by atoms with van der Waals surface area (Å²) < 4.78 is 5.13. The van der Waals surface area contributed by atoms with Crippen molar-refractivity contribution < 1.29 is 24.2 Å². The van der Waals surface area contributed by atoms with Gasteiger partial charge < -0.3 is 10.1 Å². The summed E-state index contributed by atoms with van der Waals surface area (Å²) in [7, 11) is 0. The SMILES string of the molecule is CCOC(=O)[C@@]1(C)C=C(Nc2cccc([N+](=O)[O-])c2)C(=O)N1c1cccc([N+](=O)[O-])c1. The number of esters is 1. The van der Waals surface area contributed by atoms with Gasteiger partial charge in [-0.2, -0.15) is 0 Å². The number of rotatable bonds is 7. The van der Waals surface area contributed by atoms with Crippen LogP contribution in [0.25, 0.3) is 0 Å². The highest BCUT2D eigenvalue weighted by Crippen LogP contribution is 2.36. The number of anilines is 2. The molecule has 1 aliphatic heterocycles. The Morgan fingerprint density at radius 3 is 2.32 bits per heavy atom. The average Bonchev–Trinajstić information content (AvgIpc) is 2.99. The van der Waals surface area contributed by atoms with E-state index in [0.717, 1.165) is 4.90 Å².